The molecule has 0 aliphatic carbocycles. The van der Waals surface area contributed by atoms with E-state index in [1.165, 1.54) is 0 Å². The fraction of sp³-hybridized carbons (Fsp3) is 0.500. The van der Waals surface area contributed by atoms with Crippen LogP contribution in [-0.4, -0.2) is 15.6 Å². The fourth-order valence-electron chi connectivity index (χ4n) is 0.544. The number of nitrogens with one attached hydrogen (secondary N) is 1. The molecule has 0 saturated carbocycles. The highest BCUT2D eigenvalue weighted by Crippen LogP contribution is 2.31. The van der Waals surface area contributed by atoms with E-state index in [2.05, 4.69) is 21.2 Å². The smallest absolute Gasteiger partial charge is 0.259 e. The number of halogens is 2. The van der Waals surface area contributed by atoms with Gasteiger partial charge in [-0.25, -0.2) is 0 Å². The van der Waals surface area contributed by atoms with E-state index in [9.17, 15) is 9.59 Å². The van der Waals surface area contributed by atoms with Gasteiger partial charge >= 0.3 is 0 Å². The molecule has 0 aromatic heterocycles. The third kappa shape index (κ3) is 1.24. The molecule has 1 rings (SSSR count). The lowest BCUT2D eigenvalue weighted by Crippen LogP contribution is -2.27. The van der Waals surface area contributed by atoms with Gasteiger partial charge in [-0.2, -0.15) is 0 Å². The van der Waals surface area contributed by atoms with Gasteiger partial charge in [0.1, 0.15) is 0 Å². The zero-order valence-corrected chi connectivity index (χ0v) is 6.62. The summed E-state index contributed by atoms with van der Waals surface area (Å²) in [5.74, 6) is -0.818. The summed E-state index contributed by atoms with van der Waals surface area (Å²) in [6.45, 7) is 0. The number of carbonyl (C=O) groups is 2. The van der Waals surface area contributed by atoms with Crippen molar-refractivity contribution in [2.75, 3.05) is 0 Å². The van der Waals surface area contributed by atoms with Gasteiger partial charge in [-0.15, -0.1) is 0 Å². The van der Waals surface area contributed by atoms with Gasteiger partial charge in [0.15, 0.2) is 3.78 Å². The Hall–Kier alpha value is -0.0900. The maximum Gasteiger partial charge on any atom is 0.259 e. The summed E-state index contributed by atoms with van der Waals surface area (Å²) in [6, 6.07) is 0. The summed E-state index contributed by atoms with van der Waals surface area (Å²) in [4.78, 5) is 21.0. The molecule has 0 aromatic carbocycles. The van der Waals surface area contributed by atoms with E-state index < -0.39 is 9.69 Å². The summed E-state index contributed by atoms with van der Waals surface area (Å²) < 4.78 is -1.19. The lowest BCUT2D eigenvalue weighted by molar-refractivity contribution is -0.124. The molecule has 1 aliphatic heterocycles. The molecular weight excluding hydrogens is 209 g/mol. The van der Waals surface area contributed by atoms with Crippen molar-refractivity contribution in [1.82, 2.24) is 5.32 Å². The summed E-state index contributed by atoms with van der Waals surface area (Å²) in [7, 11) is 0. The molecule has 0 aromatic rings. The first-order valence-corrected chi connectivity index (χ1v) is 3.41. The van der Waals surface area contributed by atoms with Crippen molar-refractivity contribution in [1.29, 1.82) is 0 Å². The first-order valence-electron chi connectivity index (χ1n) is 2.24. The lowest BCUT2D eigenvalue weighted by Gasteiger charge is -2.03. The molecule has 1 unspecified atom stereocenters. The topological polar surface area (TPSA) is 46.2 Å². The van der Waals surface area contributed by atoms with E-state index in [0.29, 0.717) is 0 Å². The molecule has 9 heavy (non-hydrogen) atoms. The third-order valence-corrected chi connectivity index (χ3v) is 1.91. The minimum Gasteiger partial charge on any atom is -0.294 e. The molecule has 1 saturated heterocycles. The van der Waals surface area contributed by atoms with Crippen LogP contribution in [0.2, 0.25) is 0 Å². The van der Waals surface area contributed by atoms with Crippen LogP contribution in [0.25, 0.3) is 0 Å². The van der Waals surface area contributed by atoms with Crippen LogP contribution in [0.5, 0.6) is 0 Å². The Morgan fingerprint density at radius 1 is 1.67 bits per heavy atom. The van der Waals surface area contributed by atoms with Crippen molar-refractivity contribution in [2.24, 2.45) is 0 Å². The summed E-state index contributed by atoms with van der Waals surface area (Å²) in [6.07, 6.45) is 0.00733. The van der Waals surface area contributed by atoms with E-state index in [4.69, 9.17) is 11.6 Å². The number of hydrogen-bond acceptors (Lipinski definition) is 2. The Morgan fingerprint density at radius 2 is 2.22 bits per heavy atom. The Bertz CT molecular complexity index is 179. The molecule has 0 bridgehead atoms. The zero-order chi connectivity index (χ0) is 7.07. The first-order chi connectivity index (χ1) is 4.02. The third-order valence-electron chi connectivity index (χ3n) is 0.968. The second-order valence-electron chi connectivity index (χ2n) is 1.76. The second kappa shape index (κ2) is 1.95. The van der Waals surface area contributed by atoms with Gasteiger partial charge in [0, 0.05) is 0 Å². The van der Waals surface area contributed by atoms with Crippen molar-refractivity contribution in [2.45, 2.75) is 10.2 Å². The summed E-state index contributed by atoms with van der Waals surface area (Å²) >= 11 is 8.38. The lowest BCUT2D eigenvalue weighted by atomic mass is 10.3. The van der Waals surface area contributed by atoms with Crippen molar-refractivity contribution >= 4 is 39.3 Å². The predicted molar refractivity (Wildman–Crippen MR) is 35.3 cm³/mol. The van der Waals surface area contributed by atoms with Gasteiger partial charge in [0.2, 0.25) is 5.91 Å². The Morgan fingerprint density at radius 3 is 2.33 bits per heavy atom. The molecule has 1 N–H and O–H groups in total. The maximum atomic E-state index is 10.6. The summed E-state index contributed by atoms with van der Waals surface area (Å²) in [5, 5.41) is 2.05. The molecule has 2 amide bonds. The van der Waals surface area contributed by atoms with Gasteiger partial charge < -0.3 is 0 Å². The van der Waals surface area contributed by atoms with E-state index in [-0.39, 0.29) is 12.3 Å². The highest BCUT2D eigenvalue weighted by atomic mass is 79.9. The van der Waals surface area contributed by atoms with Crippen molar-refractivity contribution in [3.05, 3.63) is 0 Å². The number of amides is 2. The van der Waals surface area contributed by atoms with Gasteiger partial charge in [0.25, 0.3) is 5.91 Å². The SMILES string of the molecule is O=C1CC(Cl)(Br)C(=O)N1. The molecule has 0 radical (unpaired) electrons. The zero-order valence-electron chi connectivity index (χ0n) is 4.28. The predicted octanol–water partition coefficient (Wildman–Crippen LogP) is 0.363. The first kappa shape index (κ1) is 7.02. The molecule has 50 valence electrons. The maximum absolute atomic E-state index is 10.6. The number of imide groups is 1. The molecule has 3 nitrogen and oxygen atoms in total. The molecule has 5 heteroatoms. The Balaban J connectivity index is 2.81. The fourth-order valence-corrected chi connectivity index (χ4v) is 1.07. The number of rotatable bonds is 0. The van der Waals surface area contributed by atoms with Gasteiger partial charge in [-0.3, -0.25) is 14.9 Å². The Labute approximate surface area is 64.9 Å². The second-order valence-corrected chi connectivity index (χ2v) is 4.21. The van der Waals surface area contributed by atoms with E-state index in [0.717, 1.165) is 0 Å². The van der Waals surface area contributed by atoms with Crippen LogP contribution < -0.4 is 5.32 Å². The minimum atomic E-state index is -1.19. The van der Waals surface area contributed by atoms with Gasteiger partial charge in [-0.1, -0.05) is 27.5 Å². The number of hydrogen-bond donors (Lipinski definition) is 1. The quantitative estimate of drug-likeness (QED) is 0.466. The molecule has 0 spiro atoms. The minimum absolute atomic E-state index is 0.00733. The van der Waals surface area contributed by atoms with Crippen LogP contribution in [-0.2, 0) is 9.59 Å². The van der Waals surface area contributed by atoms with E-state index >= 15 is 0 Å². The molecule has 1 heterocycles. The number of carbonyl (C=O) groups excluding carboxylic acids is 2. The molecule has 1 atom stereocenters. The summed E-state index contributed by atoms with van der Waals surface area (Å²) in [5.41, 5.74) is 0. The van der Waals surface area contributed by atoms with Crippen LogP contribution >= 0.6 is 27.5 Å². The van der Waals surface area contributed by atoms with Crippen molar-refractivity contribution in [3.63, 3.8) is 0 Å². The average Bonchev–Trinajstić information content (AvgIpc) is 1.79. The molecular formula is C4H3BrClNO2. The Kier molecular flexibility index (Phi) is 1.52. The number of alkyl halides is 2. The van der Waals surface area contributed by atoms with Crippen LogP contribution in [0.3, 0.4) is 0 Å². The molecule has 1 fully saturated rings. The van der Waals surface area contributed by atoms with Crippen LogP contribution in [0.1, 0.15) is 6.42 Å². The van der Waals surface area contributed by atoms with E-state index in [1.54, 1.807) is 0 Å². The largest absolute Gasteiger partial charge is 0.294 e. The standard InChI is InChI=1S/C4H3BrClNO2/c5-4(6)1-2(8)7-3(4)9/h1H2,(H,7,8,9). The van der Waals surface area contributed by atoms with E-state index in [1.807, 2.05) is 0 Å². The highest BCUT2D eigenvalue weighted by Gasteiger charge is 2.42. The van der Waals surface area contributed by atoms with Crippen molar-refractivity contribution in [3.8, 4) is 0 Å². The highest BCUT2D eigenvalue weighted by molar-refractivity contribution is 9.10. The van der Waals surface area contributed by atoms with Gasteiger partial charge in [0.05, 0.1) is 6.42 Å². The monoisotopic (exact) mass is 211 g/mol. The van der Waals surface area contributed by atoms with Crippen LogP contribution in [0, 0.1) is 0 Å². The van der Waals surface area contributed by atoms with Crippen LogP contribution in [0.15, 0.2) is 0 Å². The van der Waals surface area contributed by atoms with Gasteiger partial charge in [-0.05, 0) is 0 Å². The van der Waals surface area contributed by atoms with Crippen molar-refractivity contribution < 1.29 is 9.59 Å². The molecule has 1 aliphatic rings. The van der Waals surface area contributed by atoms with Crippen LogP contribution in [0.4, 0.5) is 0 Å². The normalized spacial score (nSPS) is 34.9. The average molecular weight is 212 g/mol.